The molecule has 0 saturated carbocycles. The summed E-state index contributed by atoms with van der Waals surface area (Å²) in [4.78, 5) is 28.2. The minimum atomic E-state index is -0.0246. The van der Waals surface area contributed by atoms with Crippen LogP contribution in [0.1, 0.15) is 43.6 Å². The number of rotatable bonds is 5. The molecule has 146 valence electrons. The lowest BCUT2D eigenvalue weighted by Gasteiger charge is -2.23. The van der Waals surface area contributed by atoms with Crippen molar-refractivity contribution in [3.8, 4) is 0 Å². The van der Waals surface area contributed by atoms with Crippen LogP contribution in [0.2, 0.25) is 0 Å². The summed E-state index contributed by atoms with van der Waals surface area (Å²) >= 11 is 0. The van der Waals surface area contributed by atoms with Gasteiger partial charge in [0.05, 0.1) is 5.69 Å². The smallest absolute Gasteiger partial charge is 0.317 e. The van der Waals surface area contributed by atoms with Crippen LogP contribution in [-0.4, -0.2) is 64.2 Å². The zero-order valence-electron chi connectivity index (χ0n) is 16.8. The van der Waals surface area contributed by atoms with E-state index in [0.29, 0.717) is 26.2 Å². The van der Waals surface area contributed by atoms with Crippen LogP contribution in [0.3, 0.4) is 0 Å². The molecule has 0 spiro atoms. The fourth-order valence-electron chi connectivity index (χ4n) is 3.46. The second-order valence-electron chi connectivity index (χ2n) is 7.43. The van der Waals surface area contributed by atoms with Crippen molar-refractivity contribution in [1.29, 1.82) is 0 Å². The standard InChI is InChI=1S/C19H33N5O2/c1-14(2)18(25)23-10-7-11-24(13-12-23)19(26)20-9-6-8-17-15(3)21-22(5)16(17)4/h14H,6-13H2,1-5H3,(H,20,26). The summed E-state index contributed by atoms with van der Waals surface area (Å²) in [6, 6.07) is -0.0246. The molecule has 0 radical (unpaired) electrons. The van der Waals surface area contributed by atoms with Crippen LogP contribution < -0.4 is 5.32 Å². The molecule has 1 saturated heterocycles. The first-order valence-corrected chi connectivity index (χ1v) is 9.62. The number of nitrogens with one attached hydrogen (secondary N) is 1. The van der Waals surface area contributed by atoms with E-state index in [1.807, 2.05) is 42.3 Å². The normalized spacial score (nSPS) is 15.3. The summed E-state index contributed by atoms with van der Waals surface area (Å²) in [5.74, 6) is 0.184. The Morgan fingerprint density at radius 1 is 1.12 bits per heavy atom. The first-order valence-electron chi connectivity index (χ1n) is 9.62. The van der Waals surface area contributed by atoms with Crippen molar-refractivity contribution in [2.24, 2.45) is 13.0 Å². The van der Waals surface area contributed by atoms with E-state index < -0.39 is 0 Å². The van der Waals surface area contributed by atoms with Gasteiger partial charge >= 0.3 is 6.03 Å². The maximum absolute atomic E-state index is 12.4. The number of amides is 3. The second-order valence-corrected chi connectivity index (χ2v) is 7.43. The van der Waals surface area contributed by atoms with Crippen LogP contribution in [0.5, 0.6) is 0 Å². The molecule has 0 atom stereocenters. The van der Waals surface area contributed by atoms with Crippen LogP contribution in [0.25, 0.3) is 0 Å². The number of hydrogen-bond donors (Lipinski definition) is 1. The SMILES string of the molecule is Cc1nn(C)c(C)c1CCCNC(=O)N1CCCN(C(=O)C(C)C)CC1. The molecule has 1 aromatic heterocycles. The molecule has 1 aliphatic heterocycles. The summed E-state index contributed by atoms with van der Waals surface area (Å²) < 4.78 is 1.91. The Bertz CT molecular complexity index is 638. The molecule has 0 unspecified atom stereocenters. The Morgan fingerprint density at radius 3 is 2.38 bits per heavy atom. The molecule has 26 heavy (non-hydrogen) atoms. The number of carbonyl (C=O) groups excluding carboxylic acids is 2. The minimum absolute atomic E-state index is 0.00904. The highest BCUT2D eigenvalue weighted by Gasteiger charge is 2.23. The van der Waals surface area contributed by atoms with E-state index in [4.69, 9.17) is 0 Å². The van der Waals surface area contributed by atoms with E-state index in [2.05, 4.69) is 17.3 Å². The Hall–Kier alpha value is -2.05. The van der Waals surface area contributed by atoms with Crippen molar-refractivity contribution in [2.45, 2.75) is 47.0 Å². The topological polar surface area (TPSA) is 70.5 Å². The van der Waals surface area contributed by atoms with Gasteiger partial charge in [0, 0.05) is 51.4 Å². The minimum Gasteiger partial charge on any atom is -0.341 e. The molecule has 7 heteroatoms. The first kappa shape index (κ1) is 20.3. The van der Waals surface area contributed by atoms with Gasteiger partial charge < -0.3 is 15.1 Å². The van der Waals surface area contributed by atoms with Crippen molar-refractivity contribution in [2.75, 3.05) is 32.7 Å². The van der Waals surface area contributed by atoms with Crippen LogP contribution >= 0.6 is 0 Å². The monoisotopic (exact) mass is 363 g/mol. The predicted molar refractivity (Wildman–Crippen MR) is 102 cm³/mol. The number of aromatic nitrogens is 2. The molecular weight excluding hydrogens is 330 g/mol. The maximum atomic E-state index is 12.4. The summed E-state index contributed by atoms with van der Waals surface area (Å²) in [7, 11) is 1.96. The summed E-state index contributed by atoms with van der Waals surface area (Å²) in [5.41, 5.74) is 3.54. The number of carbonyl (C=O) groups is 2. The zero-order chi connectivity index (χ0) is 19.3. The van der Waals surface area contributed by atoms with Crippen molar-refractivity contribution in [3.63, 3.8) is 0 Å². The number of aryl methyl sites for hydroxylation is 2. The molecule has 3 amide bonds. The van der Waals surface area contributed by atoms with Gasteiger partial charge in [-0.15, -0.1) is 0 Å². The quantitative estimate of drug-likeness (QED) is 0.812. The van der Waals surface area contributed by atoms with Crippen molar-refractivity contribution in [1.82, 2.24) is 24.9 Å². The summed E-state index contributed by atoms with van der Waals surface area (Å²) in [6.45, 7) is 11.3. The fourth-order valence-corrected chi connectivity index (χ4v) is 3.46. The molecule has 1 aliphatic rings. The van der Waals surface area contributed by atoms with Gasteiger partial charge in [-0.1, -0.05) is 13.8 Å². The maximum Gasteiger partial charge on any atom is 0.317 e. The molecule has 1 N–H and O–H groups in total. The number of urea groups is 1. The van der Waals surface area contributed by atoms with E-state index >= 15 is 0 Å². The molecule has 0 bridgehead atoms. The number of nitrogens with zero attached hydrogens (tertiary/aromatic N) is 4. The molecule has 0 aliphatic carbocycles. The van der Waals surface area contributed by atoms with Crippen LogP contribution in [0, 0.1) is 19.8 Å². The molecule has 2 heterocycles. The molecule has 2 rings (SSSR count). The van der Waals surface area contributed by atoms with Crippen molar-refractivity contribution in [3.05, 3.63) is 17.0 Å². The fraction of sp³-hybridized carbons (Fsp3) is 0.737. The van der Waals surface area contributed by atoms with E-state index in [-0.39, 0.29) is 17.9 Å². The Balaban J connectivity index is 1.75. The van der Waals surface area contributed by atoms with Crippen LogP contribution in [-0.2, 0) is 18.3 Å². The third-order valence-corrected chi connectivity index (χ3v) is 5.13. The van der Waals surface area contributed by atoms with E-state index in [1.165, 1.54) is 11.3 Å². The molecular formula is C19H33N5O2. The van der Waals surface area contributed by atoms with E-state index in [0.717, 1.165) is 31.5 Å². The lowest BCUT2D eigenvalue weighted by atomic mass is 10.1. The van der Waals surface area contributed by atoms with Gasteiger partial charge in [-0.2, -0.15) is 5.10 Å². The van der Waals surface area contributed by atoms with Crippen LogP contribution in [0.4, 0.5) is 4.79 Å². The van der Waals surface area contributed by atoms with Crippen molar-refractivity contribution >= 4 is 11.9 Å². The lowest BCUT2D eigenvalue weighted by Crippen LogP contribution is -2.43. The third-order valence-electron chi connectivity index (χ3n) is 5.13. The summed E-state index contributed by atoms with van der Waals surface area (Å²) in [6.07, 6.45) is 2.65. The lowest BCUT2D eigenvalue weighted by molar-refractivity contribution is -0.134. The molecule has 1 fully saturated rings. The Morgan fingerprint density at radius 2 is 1.77 bits per heavy atom. The Kier molecular flexibility index (Phi) is 7.06. The van der Waals surface area contributed by atoms with Gasteiger partial charge in [-0.05, 0) is 38.7 Å². The highest BCUT2D eigenvalue weighted by atomic mass is 16.2. The van der Waals surface area contributed by atoms with Gasteiger partial charge in [0.15, 0.2) is 0 Å². The molecule has 1 aromatic rings. The highest BCUT2D eigenvalue weighted by Crippen LogP contribution is 2.13. The van der Waals surface area contributed by atoms with E-state index in [1.54, 1.807) is 0 Å². The largest absolute Gasteiger partial charge is 0.341 e. The van der Waals surface area contributed by atoms with Crippen LogP contribution in [0.15, 0.2) is 0 Å². The van der Waals surface area contributed by atoms with Gasteiger partial charge in [0.2, 0.25) is 5.91 Å². The van der Waals surface area contributed by atoms with Crippen molar-refractivity contribution < 1.29 is 9.59 Å². The summed E-state index contributed by atoms with van der Waals surface area (Å²) in [5, 5.41) is 7.45. The zero-order valence-corrected chi connectivity index (χ0v) is 16.8. The van der Waals surface area contributed by atoms with Gasteiger partial charge in [-0.25, -0.2) is 4.79 Å². The molecule has 0 aromatic carbocycles. The number of hydrogen-bond acceptors (Lipinski definition) is 3. The van der Waals surface area contributed by atoms with Gasteiger partial charge in [0.25, 0.3) is 0 Å². The average Bonchev–Trinajstić information content (AvgIpc) is 2.79. The predicted octanol–water partition coefficient (Wildman–Crippen LogP) is 1.87. The second kappa shape index (κ2) is 9.05. The van der Waals surface area contributed by atoms with Gasteiger partial charge in [-0.3, -0.25) is 9.48 Å². The highest BCUT2D eigenvalue weighted by molar-refractivity contribution is 5.78. The van der Waals surface area contributed by atoms with E-state index in [9.17, 15) is 9.59 Å². The first-order chi connectivity index (χ1) is 12.3. The molecule has 7 nitrogen and oxygen atoms in total. The average molecular weight is 364 g/mol. The van der Waals surface area contributed by atoms with Gasteiger partial charge in [0.1, 0.15) is 0 Å². The Labute approximate surface area is 156 Å². The third kappa shape index (κ3) is 4.99.